The van der Waals surface area contributed by atoms with E-state index in [4.69, 9.17) is 9.47 Å². The highest BCUT2D eigenvalue weighted by molar-refractivity contribution is 5.52. The first-order chi connectivity index (χ1) is 21.1. The molecule has 4 aromatic rings. The van der Waals surface area contributed by atoms with Crippen LogP contribution in [0.3, 0.4) is 0 Å². The van der Waals surface area contributed by atoms with Crippen LogP contribution in [0.2, 0.25) is 0 Å². The van der Waals surface area contributed by atoms with Gasteiger partial charge < -0.3 is 9.47 Å². The number of ether oxygens (including phenoxy) is 2. The summed E-state index contributed by atoms with van der Waals surface area (Å²) in [6.45, 7) is 2.43. The minimum Gasteiger partial charge on any atom is -0.472 e. The summed E-state index contributed by atoms with van der Waals surface area (Å²) in [4.78, 5) is 2.34. The zero-order valence-electron chi connectivity index (χ0n) is 23.6. The fourth-order valence-corrected chi connectivity index (χ4v) is 5.51. The lowest BCUT2D eigenvalue weighted by molar-refractivity contribution is -0.143. The van der Waals surface area contributed by atoms with Crippen LogP contribution in [-0.2, 0) is 34.9 Å². The fraction of sp³-hybridized carbons (Fsp3) is 0.257. The molecule has 0 radical (unpaired) electrons. The summed E-state index contributed by atoms with van der Waals surface area (Å²) < 4.78 is 91.9. The van der Waals surface area contributed by atoms with E-state index >= 15 is 0 Å². The summed E-state index contributed by atoms with van der Waals surface area (Å²) in [5.41, 5.74) is 0.231. The topological polar surface area (TPSA) is 21.7 Å². The SMILES string of the molecule is FC(F)(F)c1cc(C=COC2OCC(CN(Cc3ccccc3)Cc3ccccc3)C2c2ccccc2)cc(C(F)(F)F)c1. The Morgan fingerprint density at radius 3 is 1.70 bits per heavy atom. The quantitative estimate of drug-likeness (QED) is 0.132. The second kappa shape index (κ2) is 13.7. The van der Waals surface area contributed by atoms with Crippen LogP contribution in [0.1, 0.15) is 39.3 Å². The molecule has 0 aromatic heterocycles. The predicted molar refractivity (Wildman–Crippen MR) is 156 cm³/mol. The van der Waals surface area contributed by atoms with Crippen molar-refractivity contribution in [3.8, 4) is 0 Å². The van der Waals surface area contributed by atoms with Crippen molar-refractivity contribution in [1.82, 2.24) is 4.90 Å². The Labute approximate surface area is 252 Å². The monoisotopic (exact) mass is 611 g/mol. The Balaban J connectivity index is 1.37. The first-order valence-electron chi connectivity index (χ1n) is 14.1. The molecule has 1 aliphatic rings. The minimum atomic E-state index is -4.93. The van der Waals surface area contributed by atoms with Crippen molar-refractivity contribution in [2.45, 2.75) is 37.7 Å². The Bertz CT molecular complexity index is 1430. The van der Waals surface area contributed by atoms with Crippen molar-refractivity contribution in [2.75, 3.05) is 13.2 Å². The van der Waals surface area contributed by atoms with Crippen LogP contribution in [-0.4, -0.2) is 24.3 Å². The van der Waals surface area contributed by atoms with Gasteiger partial charge in [-0.25, -0.2) is 0 Å². The molecule has 5 rings (SSSR count). The summed E-state index contributed by atoms with van der Waals surface area (Å²) in [5.74, 6) is -0.240. The summed E-state index contributed by atoms with van der Waals surface area (Å²) in [5, 5.41) is 0. The van der Waals surface area contributed by atoms with Gasteiger partial charge >= 0.3 is 12.4 Å². The number of nitrogens with zero attached hydrogens (tertiary/aromatic N) is 1. The van der Waals surface area contributed by atoms with Crippen LogP contribution < -0.4 is 0 Å². The molecule has 0 spiro atoms. The van der Waals surface area contributed by atoms with E-state index < -0.39 is 29.8 Å². The van der Waals surface area contributed by atoms with Gasteiger partial charge in [0.1, 0.15) is 0 Å². The van der Waals surface area contributed by atoms with Crippen molar-refractivity contribution in [1.29, 1.82) is 0 Å². The van der Waals surface area contributed by atoms with Crippen LogP contribution in [0.15, 0.2) is 115 Å². The minimum absolute atomic E-state index is 0.00591. The lowest BCUT2D eigenvalue weighted by Crippen LogP contribution is -2.32. The zero-order valence-corrected chi connectivity index (χ0v) is 23.6. The van der Waals surface area contributed by atoms with Crippen molar-refractivity contribution >= 4 is 6.08 Å². The first-order valence-corrected chi connectivity index (χ1v) is 14.1. The molecule has 44 heavy (non-hydrogen) atoms. The highest BCUT2D eigenvalue weighted by Crippen LogP contribution is 2.39. The number of alkyl halides is 6. The van der Waals surface area contributed by atoms with Crippen molar-refractivity contribution in [3.05, 3.63) is 149 Å². The highest BCUT2D eigenvalue weighted by Gasteiger charge is 2.40. The molecule has 1 heterocycles. The molecule has 0 aliphatic carbocycles. The second-order valence-electron chi connectivity index (χ2n) is 10.8. The zero-order chi connectivity index (χ0) is 31.2. The van der Waals surface area contributed by atoms with E-state index in [0.29, 0.717) is 38.4 Å². The molecular weight excluding hydrogens is 580 g/mol. The molecule has 1 fully saturated rings. The second-order valence-corrected chi connectivity index (χ2v) is 10.8. The summed E-state index contributed by atoms with van der Waals surface area (Å²) >= 11 is 0. The maximum atomic E-state index is 13.3. The van der Waals surface area contributed by atoms with E-state index in [2.05, 4.69) is 29.2 Å². The summed E-state index contributed by atoms with van der Waals surface area (Å²) in [6, 6.07) is 31.3. The van der Waals surface area contributed by atoms with Gasteiger partial charge in [-0.1, -0.05) is 91.0 Å². The lowest BCUT2D eigenvalue weighted by Gasteiger charge is -2.29. The molecule has 9 heteroatoms. The van der Waals surface area contributed by atoms with Crippen LogP contribution in [0.25, 0.3) is 6.08 Å². The smallest absolute Gasteiger partial charge is 0.416 e. The summed E-state index contributed by atoms with van der Waals surface area (Å²) in [7, 11) is 0. The number of hydrogen-bond acceptors (Lipinski definition) is 3. The molecule has 3 unspecified atom stereocenters. The predicted octanol–water partition coefficient (Wildman–Crippen LogP) is 9.17. The van der Waals surface area contributed by atoms with Crippen molar-refractivity contribution in [3.63, 3.8) is 0 Å². The largest absolute Gasteiger partial charge is 0.472 e. The molecule has 3 nitrogen and oxygen atoms in total. The molecule has 0 amide bonds. The number of rotatable bonds is 10. The van der Waals surface area contributed by atoms with Gasteiger partial charge in [0.2, 0.25) is 6.29 Å². The Kier molecular flexibility index (Phi) is 9.76. The molecule has 0 bridgehead atoms. The lowest BCUT2D eigenvalue weighted by atomic mass is 9.87. The van der Waals surface area contributed by atoms with Crippen molar-refractivity contribution in [2.24, 2.45) is 5.92 Å². The average molecular weight is 612 g/mol. The normalized spacial score (nSPS) is 19.1. The van der Waals surface area contributed by atoms with Gasteiger partial charge in [-0.2, -0.15) is 26.3 Å². The third-order valence-corrected chi connectivity index (χ3v) is 7.53. The molecule has 1 saturated heterocycles. The number of halogens is 6. The first kappa shape index (κ1) is 31.3. The average Bonchev–Trinajstić information content (AvgIpc) is 3.39. The van der Waals surface area contributed by atoms with Gasteiger partial charge in [-0.3, -0.25) is 4.90 Å². The molecule has 4 aromatic carbocycles. The third kappa shape index (κ3) is 8.30. The molecule has 0 N–H and O–H groups in total. The van der Waals surface area contributed by atoms with Gasteiger partial charge in [-0.05, 0) is 46.5 Å². The molecule has 1 aliphatic heterocycles. The van der Waals surface area contributed by atoms with Gasteiger partial charge in [0.05, 0.1) is 29.9 Å². The highest BCUT2D eigenvalue weighted by atomic mass is 19.4. The Morgan fingerprint density at radius 2 is 1.20 bits per heavy atom. The third-order valence-electron chi connectivity index (χ3n) is 7.53. The molecule has 3 atom stereocenters. The van der Waals surface area contributed by atoms with E-state index in [1.54, 1.807) is 0 Å². The van der Waals surface area contributed by atoms with Crippen LogP contribution >= 0.6 is 0 Å². The van der Waals surface area contributed by atoms with E-state index in [9.17, 15) is 26.3 Å². The van der Waals surface area contributed by atoms with Crippen LogP contribution in [0, 0.1) is 5.92 Å². The summed E-state index contributed by atoms with van der Waals surface area (Å²) in [6.07, 6.45) is -8.45. The van der Waals surface area contributed by atoms with E-state index in [1.165, 1.54) is 0 Å². The van der Waals surface area contributed by atoms with Crippen LogP contribution in [0.5, 0.6) is 0 Å². The maximum Gasteiger partial charge on any atom is 0.416 e. The number of hydrogen-bond donors (Lipinski definition) is 0. The molecule has 230 valence electrons. The maximum absolute atomic E-state index is 13.3. The number of benzene rings is 4. The van der Waals surface area contributed by atoms with Crippen LogP contribution in [0.4, 0.5) is 26.3 Å². The van der Waals surface area contributed by atoms with Gasteiger partial charge in [0.15, 0.2) is 0 Å². The van der Waals surface area contributed by atoms with E-state index in [1.807, 2.05) is 66.7 Å². The Hall–Kier alpha value is -4.08. The molecule has 0 saturated carbocycles. The fourth-order valence-electron chi connectivity index (χ4n) is 5.51. The van der Waals surface area contributed by atoms with Gasteiger partial charge in [0, 0.05) is 25.6 Å². The standard InChI is InChI=1S/C35H31F6NO2/c36-34(37,38)30-18-27(19-31(20-30)35(39,40)41)16-17-43-33-32(28-14-8-3-9-15-28)29(24-44-33)23-42(21-25-10-4-1-5-11-25)22-26-12-6-2-7-13-26/h1-20,29,32-33H,21-24H2. The van der Waals surface area contributed by atoms with E-state index in [-0.39, 0.29) is 23.5 Å². The van der Waals surface area contributed by atoms with Gasteiger partial charge in [-0.15, -0.1) is 0 Å². The van der Waals surface area contributed by atoms with Gasteiger partial charge in [0.25, 0.3) is 0 Å². The molecular formula is C35H31F6NO2. The van der Waals surface area contributed by atoms with E-state index in [0.717, 1.165) is 29.0 Å². The van der Waals surface area contributed by atoms with Crippen molar-refractivity contribution < 1.29 is 35.8 Å². The Morgan fingerprint density at radius 1 is 0.705 bits per heavy atom.